The van der Waals surface area contributed by atoms with E-state index in [9.17, 15) is 18.3 Å². The summed E-state index contributed by atoms with van der Waals surface area (Å²) in [6.07, 6.45) is 1.03. The summed E-state index contributed by atoms with van der Waals surface area (Å²) >= 11 is 0. The van der Waals surface area contributed by atoms with E-state index in [2.05, 4.69) is 0 Å². The lowest BCUT2D eigenvalue weighted by Crippen LogP contribution is -2.34. The number of nitrogens with zero attached hydrogens (tertiary/aromatic N) is 1. The van der Waals surface area contributed by atoms with Gasteiger partial charge in [0.1, 0.15) is 5.75 Å². The van der Waals surface area contributed by atoms with Crippen molar-refractivity contribution < 1.29 is 23.1 Å². The second kappa shape index (κ2) is 4.71. The summed E-state index contributed by atoms with van der Waals surface area (Å²) in [6.45, 7) is 2.40. The Balaban J connectivity index is 1.90. The molecule has 0 aromatic heterocycles. The van der Waals surface area contributed by atoms with Gasteiger partial charge in [-0.2, -0.15) is 4.31 Å². The number of hydrogen-bond donors (Lipinski definition) is 1. The molecule has 1 unspecified atom stereocenters. The van der Waals surface area contributed by atoms with E-state index in [1.807, 2.05) is 0 Å². The number of sulfonamides is 1. The molecule has 2 aliphatic heterocycles. The first-order valence-electron chi connectivity index (χ1n) is 6.82. The van der Waals surface area contributed by atoms with Crippen LogP contribution >= 0.6 is 0 Å². The largest absolute Gasteiger partial charge is 0.493 e. The minimum absolute atomic E-state index is 0.0122. The molecular weight excluding hydrogens is 294 g/mol. The number of fused-ring (bicyclic) bond motifs is 1. The molecule has 0 saturated carbocycles. The van der Waals surface area contributed by atoms with Crippen LogP contribution in [0.25, 0.3) is 0 Å². The number of hydrogen-bond acceptors (Lipinski definition) is 4. The van der Waals surface area contributed by atoms with Crippen LogP contribution in [0.1, 0.15) is 18.9 Å². The molecule has 1 aromatic rings. The van der Waals surface area contributed by atoms with E-state index in [1.165, 1.54) is 10.4 Å². The predicted octanol–water partition coefficient (Wildman–Crippen LogP) is 1.11. The van der Waals surface area contributed by atoms with Crippen LogP contribution in [0.2, 0.25) is 0 Å². The Bertz CT molecular complexity index is 699. The van der Waals surface area contributed by atoms with E-state index in [4.69, 9.17) is 4.74 Å². The van der Waals surface area contributed by atoms with Crippen molar-refractivity contribution in [2.45, 2.75) is 24.7 Å². The number of carboxylic acid groups (broad SMARTS) is 1. The molecular formula is C14H17NO5S. The summed E-state index contributed by atoms with van der Waals surface area (Å²) in [7, 11) is -3.65. The Morgan fingerprint density at radius 2 is 2.19 bits per heavy atom. The number of carboxylic acids is 1. The minimum atomic E-state index is -3.65. The highest BCUT2D eigenvalue weighted by molar-refractivity contribution is 7.89. The SMILES string of the molecule is CC1(C(=O)O)CCN(S(=O)(=O)c2ccc3c(c2)CCO3)C1. The van der Waals surface area contributed by atoms with E-state index in [-0.39, 0.29) is 18.0 Å². The zero-order valence-corrected chi connectivity index (χ0v) is 12.5. The molecule has 0 aliphatic carbocycles. The van der Waals surface area contributed by atoms with Crippen LogP contribution in [-0.2, 0) is 21.2 Å². The topological polar surface area (TPSA) is 83.9 Å². The molecule has 21 heavy (non-hydrogen) atoms. The average Bonchev–Trinajstić information content (AvgIpc) is 3.05. The lowest BCUT2D eigenvalue weighted by Gasteiger charge is -2.20. The summed E-state index contributed by atoms with van der Waals surface area (Å²) in [5, 5.41) is 9.22. The van der Waals surface area contributed by atoms with Gasteiger partial charge in [0.05, 0.1) is 16.9 Å². The summed E-state index contributed by atoms with van der Waals surface area (Å²) < 4.78 is 31.9. The van der Waals surface area contributed by atoms with Crippen molar-refractivity contribution in [2.75, 3.05) is 19.7 Å². The van der Waals surface area contributed by atoms with Crippen LogP contribution in [0.3, 0.4) is 0 Å². The molecule has 0 amide bonds. The standard InChI is InChI=1S/C14H17NO5S/c1-14(13(16)17)5-6-15(9-14)21(18,19)11-2-3-12-10(8-11)4-7-20-12/h2-3,8H,4-7,9H2,1H3,(H,16,17). The summed E-state index contributed by atoms with van der Waals surface area (Å²) in [5.74, 6) is -0.228. The molecule has 1 saturated heterocycles. The highest BCUT2D eigenvalue weighted by Gasteiger charge is 2.45. The quantitative estimate of drug-likeness (QED) is 0.904. The van der Waals surface area contributed by atoms with Gasteiger partial charge in [-0.3, -0.25) is 4.79 Å². The molecule has 1 fully saturated rings. The second-order valence-corrected chi connectivity index (χ2v) is 7.76. The van der Waals surface area contributed by atoms with Crippen LogP contribution in [-0.4, -0.2) is 43.5 Å². The summed E-state index contributed by atoms with van der Waals surface area (Å²) in [5.41, 5.74) is -0.122. The summed E-state index contributed by atoms with van der Waals surface area (Å²) in [6, 6.07) is 4.83. The molecule has 2 aliphatic rings. The van der Waals surface area contributed by atoms with E-state index >= 15 is 0 Å². The first-order valence-corrected chi connectivity index (χ1v) is 8.26. The Labute approximate surface area is 123 Å². The van der Waals surface area contributed by atoms with Gasteiger partial charge < -0.3 is 9.84 Å². The van der Waals surface area contributed by atoms with Crippen LogP contribution in [0.15, 0.2) is 23.1 Å². The average molecular weight is 311 g/mol. The fourth-order valence-corrected chi connectivity index (χ4v) is 4.39. The second-order valence-electron chi connectivity index (χ2n) is 5.82. The first kappa shape index (κ1) is 14.3. The van der Waals surface area contributed by atoms with Gasteiger partial charge in [-0.05, 0) is 37.1 Å². The van der Waals surface area contributed by atoms with Crippen molar-refractivity contribution in [3.05, 3.63) is 23.8 Å². The highest BCUT2D eigenvalue weighted by Crippen LogP contribution is 2.35. The number of ether oxygens (including phenoxy) is 1. The normalized spacial score (nSPS) is 25.6. The third-order valence-corrected chi connectivity index (χ3v) is 6.09. The number of aliphatic carboxylic acids is 1. The highest BCUT2D eigenvalue weighted by atomic mass is 32.2. The van der Waals surface area contributed by atoms with Crippen LogP contribution < -0.4 is 4.74 Å². The molecule has 6 nitrogen and oxygen atoms in total. The molecule has 0 spiro atoms. The fraction of sp³-hybridized carbons (Fsp3) is 0.500. The Kier molecular flexibility index (Phi) is 3.22. The lowest BCUT2D eigenvalue weighted by molar-refractivity contribution is -0.146. The van der Waals surface area contributed by atoms with Gasteiger partial charge in [-0.25, -0.2) is 8.42 Å². The van der Waals surface area contributed by atoms with Gasteiger partial charge in [0.25, 0.3) is 0 Å². The van der Waals surface area contributed by atoms with Gasteiger partial charge in [0, 0.05) is 19.5 Å². The molecule has 3 rings (SSSR count). The maximum atomic E-state index is 12.6. The van der Waals surface area contributed by atoms with Gasteiger partial charge >= 0.3 is 5.97 Å². The van der Waals surface area contributed by atoms with Crippen LogP contribution in [0, 0.1) is 5.41 Å². The van der Waals surface area contributed by atoms with Gasteiger partial charge in [-0.15, -0.1) is 0 Å². The maximum Gasteiger partial charge on any atom is 0.310 e. The van der Waals surface area contributed by atoms with Crippen molar-refractivity contribution in [3.63, 3.8) is 0 Å². The van der Waals surface area contributed by atoms with E-state index in [0.29, 0.717) is 19.4 Å². The van der Waals surface area contributed by atoms with Crippen molar-refractivity contribution in [1.82, 2.24) is 4.31 Å². The molecule has 0 bridgehead atoms. The molecule has 7 heteroatoms. The van der Waals surface area contributed by atoms with Crippen LogP contribution in [0.5, 0.6) is 5.75 Å². The first-order chi connectivity index (χ1) is 9.83. The predicted molar refractivity (Wildman–Crippen MR) is 74.8 cm³/mol. The Morgan fingerprint density at radius 3 is 2.86 bits per heavy atom. The van der Waals surface area contributed by atoms with E-state index in [1.54, 1.807) is 19.1 Å². The lowest BCUT2D eigenvalue weighted by atomic mass is 9.90. The Hall–Kier alpha value is -1.60. The molecule has 1 aromatic carbocycles. The molecule has 1 N–H and O–H groups in total. The van der Waals surface area contributed by atoms with Gasteiger partial charge in [0.2, 0.25) is 10.0 Å². The zero-order chi connectivity index (χ0) is 15.3. The van der Waals surface area contributed by atoms with Crippen molar-refractivity contribution in [2.24, 2.45) is 5.41 Å². The monoisotopic (exact) mass is 311 g/mol. The Morgan fingerprint density at radius 1 is 1.43 bits per heavy atom. The maximum absolute atomic E-state index is 12.6. The van der Waals surface area contributed by atoms with Gasteiger partial charge in [0.15, 0.2) is 0 Å². The molecule has 0 radical (unpaired) electrons. The summed E-state index contributed by atoms with van der Waals surface area (Å²) in [4.78, 5) is 11.5. The van der Waals surface area contributed by atoms with Crippen molar-refractivity contribution in [3.8, 4) is 5.75 Å². The number of rotatable bonds is 3. The van der Waals surface area contributed by atoms with E-state index in [0.717, 1.165) is 11.3 Å². The van der Waals surface area contributed by atoms with Crippen molar-refractivity contribution >= 4 is 16.0 Å². The number of carbonyl (C=O) groups is 1. The molecule has 2 heterocycles. The van der Waals surface area contributed by atoms with E-state index < -0.39 is 21.4 Å². The molecule has 114 valence electrons. The zero-order valence-electron chi connectivity index (χ0n) is 11.7. The third kappa shape index (κ3) is 2.30. The number of benzene rings is 1. The third-order valence-electron chi connectivity index (χ3n) is 4.25. The van der Waals surface area contributed by atoms with Crippen molar-refractivity contribution in [1.29, 1.82) is 0 Å². The van der Waals surface area contributed by atoms with Crippen LogP contribution in [0.4, 0.5) is 0 Å². The molecule has 1 atom stereocenters. The fourth-order valence-electron chi connectivity index (χ4n) is 2.77. The minimum Gasteiger partial charge on any atom is -0.493 e. The smallest absolute Gasteiger partial charge is 0.310 e. The van der Waals surface area contributed by atoms with Gasteiger partial charge in [-0.1, -0.05) is 0 Å².